The van der Waals surface area contributed by atoms with Crippen molar-refractivity contribution in [2.45, 2.75) is 0 Å². The van der Waals surface area contributed by atoms with Crippen LogP contribution in [-0.4, -0.2) is 39.4 Å². The van der Waals surface area contributed by atoms with Crippen LogP contribution in [0.1, 0.15) is 0 Å². The van der Waals surface area contributed by atoms with E-state index in [1.807, 2.05) is 0 Å². The van der Waals surface area contributed by atoms with E-state index in [0.717, 1.165) is 0 Å². The summed E-state index contributed by atoms with van der Waals surface area (Å²) in [5.74, 6) is 0. The van der Waals surface area contributed by atoms with E-state index >= 15 is 0 Å². The Labute approximate surface area is 63.6 Å². The van der Waals surface area contributed by atoms with Gasteiger partial charge in [-0.25, -0.2) is 0 Å². The van der Waals surface area contributed by atoms with Crippen molar-refractivity contribution < 1.29 is 0 Å². The molecular formula is Ge3S3. The second kappa shape index (κ2) is 4.55. The van der Waals surface area contributed by atoms with Gasteiger partial charge < -0.3 is 0 Å². The van der Waals surface area contributed by atoms with Crippen LogP contribution < -0.4 is 0 Å². The van der Waals surface area contributed by atoms with Crippen LogP contribution in [0.25, 0.3) is 0 Å². The van der Waals surface area contributed by atoms with E-state index in [4.69, 9.17) is 0 Å². The first kappa shape index (κ1) is 6.79. The van der Waals surface area contributed by atoms with E-state index in [1.165, 1.54) is 0 Å². The molecule has 0 aromatic carbocycles. The molecular weight excluding hydrogens is 314 g/mol. The molecule has 0 unspecified atom stereocenters. The molecule has 30 valence electrons. The SMILES string of the molecule is [S]1[Ge][S][Ge][S][Ge]1. The molecule has 6 heteroatoms. The second-order valence-corrected chi connectivity index (χ2v) is 36.5. The number of rotatable bonds is 0. The van der Waals surface area contributed by atoms with Crippen molar-refractivity contribution in [1.29, 1.82) is 0 Å². The van der Waals surface area contributed by atoms with Crippen LogP contribution in [-0.2, 0) is 0 Å². The fraction of sp³-hybridized carbons (Fsp3) is 0. The van der Waals surface area contributed by atoms with Crippen molar-refractivity contribution in [2.24, 2.45) is 0 Å². The van der Waals surface area contributed by atoms with Gasteiger partial charge in [0, 0.05) is 0 Å². The van der Waals surface area contributed by atoms with Gasteiger partial charge in [-0.2, -0.15) is 0 Å². The maximum atomic E-state index is 2.30. The first-order valence-electron chi connectivity index (χ1n) is 1.22. The fourth-order valence-corrected chi connectivity index (χ4v) is 116. The summed E-state index contributed by atoms with van der Waals surface area (Å²) in [6, 6.07) is 0. The predicted octanol–water partition coefficient (Wildman–Crippen LogP) is 0.802. The predicted molar refractivity (Wildman–Crippen MR) is 40.0 cm³/mol. The molecule has 6 heavy (non-hydrogen) atoms. The van der Waals surface area contributed by atoms with Gasteiger partial charge in [-0.15, -0.1) is 0 Å². The zero-order valence-electron chi connectivity index (χ0n) is 2.72. The van der Waals surface area contributed by atoms with Crippen molar-refractivity contribution in [1.82, 2.24) is 0 Å². The fourth-order valence-electron chi connectivity index (χ4n) is 0.114. The summed E-state index contributed by atoms with van der Waals surface area (Å²) in [6.07, 6.45) is 0. The van der Waals surface area contributed by atoms with Crippen molar-refractivity contribution in [3.8, 4) is 0 Å². The molecule has 1 aliphatic rings. The summed E-state index contributed by atoms with van der Waals surface area (Å²) in [4.78, 5) is 0. The number of hydrogen-bond acceptors (Lipinski definition) is 3. The van der Waals surface area contributed by atoms with Gasteiger partial charge in [-0.1, -0.05) is 0 Å². The molecule has 1 saturated heterocycles. The van der Waals surface area contributed by atoms with Crippen LogP contribution in [0.5, 0.6) is 0 Å². The molecule has 1 aliphatic heterocycles. The van der Waals surface area contributed by atoms with Crippen LogP contribution in [0, 0.1) is 0 Å². The molecule has 1 fully saturated rings. The van der Waals surface area contributed by atoms with Gasteiger partial charge in [0.25, 0.3) is 0 Å². The van der Waals surface area contributed by atoms with Gasteiger partial charge in [0.2, 0.25) is 0 Å². The van der Waals surface area contributed by atoms with Crippen LogP contribution in [0.3, 0.4) is 0 Å². The van der Waals surface area contributed by atoms with Gasteiger partial charge in [0.05, 0.1) is 0 Å². The summed E-state index contributed by atoms with van der Waals surface area (Å²) >= 11 is 1.59. The quantitative estimate of drug-likeness (QED) is 0.607. The third-order valence-corrected chi connectivity index (χ3v) is 60.8. The molecule has 0 spiro atoms. The second-order valence-electron chi connectivity index (χ2n) is 0.556. The molecule has 0 aromatic heterocycles. The van der Waals surface area contributed by atoms with Crippen molar-refractivity contribution in [2.75, 3.05) is 0 Å². The minimum absolute atomic E-state index is 0.531. The Kier molecular flexibility index (Phi) is 5.15. The Morgan fingerprint density at radius 1 is 0.667 bits per heavy atom. The monoisotopic (exact) mass is 318 g/mol. The van der Waals surface area contributed by atoms with Gasteiger partial charge in [-0.3, -0.25) is 0 Å². The van der Waals surface area contributed by atoms with Crippen LogP contribution in [0.4, 0.5) is 0 Å². The molecule has 0 amide bonds. The van der Waals surface area contributed by atoms with E-state index in [2.05, 4.69) is 25.2 Å². The van der Waals surface area contributed by atoms with E-state index < -0.39 is 0 Å². The molecule has 0 atom stereocenters. The first-order chi connectivity index (χ1) is 3.00. The summed E-state index contributed by atoms with van der Waals surface area (Å²) in [7, 11) is 6.91. The molecule has 0 aromatic rings. The van der Waals surface area contributed by atoms with Crippen molar-refractivity contribution in [3.63, 3.8) is 0 Å². The van der Waals surface area contributed by atoms with E-state index in [-0.39, 0.29) is 0 Å². The first-order valence-corrected chi connectivity index (χ1v) is 19.1. The van der Waals surface area contributed by atoms with E-state index in [9.17, 15) is 0 Å². The maximum absolute atomic E-state index is 2.30. The van der Waals surface area contributed by atoms with Gasteiger partial charge in [-0.05, 0) is 0 Å². The molecule has 1 heterocycles. The summed E-state index contributed by atoms with van der Waals surface area (Å²) in [6.45, 7) is 0. The van der Waals surface area contributed by atoms with Gasteiger partial charge >= 0.3 is 64.7 Å². The Morgan fingerprint density at radius 3 is 1.17 bits per heavy atom. The minimum atomic E-state index is 0.531. The van der Waals surface area contributed by atoms with Crippen LogP contribution >= 0.6 is 25.2 Å². The van der Waals surface area contributed by atoms with Crippen molar-refractivity contribution >= 4 is 64.7 Å². The molecule has 0 nitrogen and oxygen atoms in total. The average molecular weight is 314 g/mol. The average Bonchev–Trinajstić information content (AvgIpc) is 1.72. The summed E-state index contributed by atoms with van der Waals surface area (Å²) in [5.41, 5.74) is 0. The summed E-state index contributed by atoms with van der Waals surface area (Å²) in [5, 5.41) is 0. The third-order valence-electron chi connectivity index (χ3n) is 0.250. The van der Waals surface area contributed by atoms with Crippen LogP contribution in [0.2, 0.25) is 0 Å². The number of hydrogen-bond donors (Lipinski definition) is 0. The van der Waals surface area contributed by atoms with Crippen LogP contribution in [0.15, 0.2) is 0 Å². The van der Waals surface area contributed by atoms with Gasteiger partial charge in [0.1, 0.15) is 0 Å². The molecule has 0 aliphatic carbocycles. The molecule has 0 bridgehead atoms. The van der Waals surface area contributed by atoms with E-state index in [0.29, 0.717) is 39.4 Å². The molecule has 0 saturated carbocycles. The third kappa shape index (κ3) is 2.86. The summed E-state index contributed by atoms with van der Waals surface area (Å²) < 4.78 is 0. The van der Waals surface area contributed by atoms with Gasteiger partial charge in [0.15, 0.2) is 0 Å². The van der Waals surface area contributed by atoms with E-state index in [1.54, 1.807) is 0 Å². The Hall–Kier alpha value is 2.68. The standard InChI is InChI=1S/Ge3S3/c1-4-2-6-3-5-1. The molecule has 6 radical (unpaired) electrons. The molecule has 1 rings (SSSR count). The molecule has 0 N–H and O–H groups in total. The van der Waals surface area contributed by atoms with Crippen molar-refractivity contribution in [3.05, 3.63) is 0 Å². The normalized spacial score (nSPS) is 24.0. The zero-order valence-corrected chi connectivity index (χ0v) is 11.5. The Bertz CT molecular complexity index is 21.5. The Balaban J connectivity index is 2.00. The topological polar surface area (TPSA) is 0 Å². The zero-order chi connectivity index (χ0) is 4.24. The Morgan fingerprint density at radius 2 is 1.00 bits per heavy atom.